The molecule has 1 saturated carbocycles. The van der Waals surface area contributed by atoms with Crippen molar-refractivity contribution in [2.24, 2.45) is 5.92 Å². The maximum Gasteiger partial charge on any atom is 0.306 e. The first-order chi connectivity index (χ1) is 9.17. The predicted octanol–water partition coefficient (Wildman–Crippen LogP) is 3.23. The van der Waals surface area contributed by atoms with Gasteiger partial charge >= 0.3 is 11.9 Å². The lowest BCUT2D eigenvalue weighted by Gasteiger charge is -2.30. The van der Waals surface area contributed by atoms with Gasteiger partial charge < -0.3 is 9.47 Å². The number of hydrogen-bond donors (Lipinski definition) is 0. The largest absolute Gasteiger partial charge is 0.466 e. The maximum atomic E-state index is 11.7. The second kappa shape index (κ2) is 8.94. The Labute approximate surface area is 115 Å². The lowest BCUT2D eigenvalue weighted by atomic mass is 9.85. The molecule has 0 saturated heterocycles. The number of rotatable bonds is 7. The molecule has 0 aromatic rings. The van der Waals surface area contributed by atoms with Crippen LogP contribution in [0.5, 0.6) is 0 Å². The highest BCUT2D eigenvalue weighted by atomic mass is 16.5. The Kier molecular flexibility index (Phi) is 7.53. The Bertz CT molecular complexity index is 288. The molecule has 1 aliphatic rings. The quantitative estimate of drug-likeness (QED) is 0.666. The SMILES string of the molecule is CCCOC(=O)CCC(=O)OC1CCCCC1CC. The second-order valence-electron chi connectivity index (χ2n) is 5.20. The van der Waals surface area contributed by atoms with Crippen LogP contribution in [0.15, 0.2) is 0 Å². The molecule has 0 aromatic carbocycles. The monoisotopic (exact) mass is 270 g/mol. The summed E-state index contributed by atoms with van der Waals surface area (Å²) in [5.41, 5.74) is 0. The number of esters is 2. The number of carbonyl (C=O) groups excluding carboxylic acids is 2. The van der Waals surface area contributed by atoms with Gasteiger partial charge in [-0.3, -0.25) is 9.59 Å². The highest BCUT2D eigenvalue weighted by Gasteiger charge is 2.26. The van der Waals surface area contributed by atoms with Crippen LogP contribution in [0, 0.1) is 5.92 Å². The normalized spacial score (nSPS) is 22.8. The average molecular weight is 270 g/mol. The summed E-state index contributed by atoms with van der Waals surface area (Å²) in [5.74, 6) is -0.0852. The van der Waals surface area contributed by atoms with Gasteiger partial charge in [0.1, 0.15) is 6.10 Å². The zero-order chi connectivity index (χ0) is 14.1. The molecule has 4 nitrogen and oxygen atoms in total. The molecule has 0 spiro atoms. The zero-order valence-corrected chi connectivity index (χ0v) is 12.2. The molecule has 1 rings (SSSR count). The Morgan fingerprint density at radius 2 is 1.74 bits per heavy atom. The van der Waals surface area contributed by atoms with Crippen LogP contribution in [0.25, 0.3) is 0 Å². The van der Waals surface area contributed by atoms with Crippen molar-refractivity contribution in [2.75, 3.05) is 6.61 Å². The summed E-state index contributed by atoms with van der Waals surface area (Å²) >= 11 is 0. The van der Waals surface area contributed by atoms with E-state index in [0.29, 0.717) is 12.5 Å². The van der Waals surface area contributed by atoms with E-state index in [1.54, 1.807) is 0 Å². The van der Waals surface area contributed by atoms with Crippen molar-refractivity contribution >= 4 is 11.9 Å². The van der Waals surface area contributed by atoms with Crippen molar-refractivity contribution < 1.29 is 19.1 Å². The van der Waals surface area contributed by atoms with Crippen molar-refractivity contribution in [3.05, 3.63) is 0 Å². The predicted molar refractivity (Wildman–Crippen MR) is 72.6 cm³/mol. The van der Waals surface area contributed by atoms with Crippen molar-refractivity contribution in [3.63, 3.8) is 0 Å². The molecule has 0 heterocycles. The highest BCUT2D eigenvalue weighted by Crippen LogP contribution is 2.29. The van der Waals surface area contributed by atoms with Gasteiger partial charge in [-0.2, -0.15) is 0 Å². The first-order valence-electron chi connectivity index (χ1n) is 7.52. The Hall–Kier alpha value is -1.06. The lowest BCUT2D eigenvalue weighted by molar-refractivity contribution is -0.157. The van der Waals surface area contributed by atoms with E-state index in [0.717, 1.165) is 32.1 Å². The minimum atomic E-state index is -0.311. The van der Waals surface area contributed by atoms with Gasteiger partial charge in [0.2, 0.25) is 0 Å². The molecule has 1 fully saturated rings. The molecule has 110 valence electrons. The summed E-state index contributed by atoms with van der Waals surface area (Å²) < 4.78 is 10.4. The maximum absolute atomic E-state index is 11.7. The second-order valence-corrected chi connectivity index (χ2v) is 5.20. The van der Waals surface area contributed by atoms with E-state index < -0.39 is 0 Å². The number of hydrogen-bond acceptors (Lipinski definition) is 4. The van der Waals surface area contributed by atoms with Gasteiger partial charge in [-0.15, -0.1) is 0 Å². The summed E-state index contributed by atoms with van der Waals surface area (Å²) in [5, 5.41) is 0. The van der Waals surface area contributed by atoms with Gasteiger partial charge in [0, 0.05) is 0 Å². The van der Waals surface area contributed by atoms with E-state index in [1.165, 1.54) is 6.42 Å². The molecule has 0 amide bonds. The van der Waals surface area contributed by atoms with Gasteiger partial charge in [-0.25, -0.2) is 0 Å². The molecule has 2 atom stereocenters. The third kappa shape index (κ3) is 6.08. The minimum absolute atomic E-state index is 0.0536. The molecular weight excluding hydrogens is 244 g/mol. The fourth-order valence-electron chi connectivity index (χ4n) is 2.52. The van der Waals surface area contributed by atoms with Crippen molar-refractivity contribution in [2.45, 2.75) is 71.3 Å². The van der Waals surface area contributed by atoms with Gasteiger partial charge in [0.25, 0.3) is 0 Å². The van der Waals surface area contributed by atoms with Crippen molar-refractivity contribution in [1.82, 2.24) is 0 Å². The van der Waals surface area contributed by atoms with Crippen LogP contribution >= 0.6 is 0 Å². The van der Waals surface area contributed by atoms with Crippen LogP contribution in [-0.4, -0.2) is 24.6 Å². The first-order valence-corrected chi connectivity index (χ1v) is 7.52. The minimum Gasteiger partial charge on any atom is -0.466 e. The van der Waals surface area contributed by atoms with E-state index in [1.807, 2.05) is 6.92 Å². The number of carbonyl (C=O) groups is 2. The molecular formula is C15H26O4. The Morgan fingerprint density at radius 1 is 1.05 bits per heavy atom. The third-order valence-electron chi connectivity index (χ3n) is 3.65. The van der Waals surface area contributed by atoms with Crippen molar-refractivity contribution in [3.8, 4) is 0 Å². The van der Waals surface area contributed by atoms with E-state index in [9.17, 15) is 9.59 Å². The highest BCUT2D eigenvalue weighted by molar-refractivity contribution is 5.77. The summed E-state index contributed by atoms with van der Waals surface area (Å²) in [6, 6.07) is 0. The van der Waals surface area contributed by atoms with E-state index in [4.69, 9.17) is 9.47 Å². The van der Waals surface area contributed by atoms with Crippen LogP contribution in [-0.2, 0) is 19.1 Å². The number of ether oxygens (including phenoxy) is 2. The summed E-state index contributed by atoms with van der Waals surface area (Å²) in [6.07, 6.45) is 6.64. The molecule has 0 aromatic heterocycles. The van der Waals surface area contributed by atoms with Crippen LogP contribution < -0.4 is 0 Å². The molecule has 0 N–H and O–H groups in total. The molecule has 1 aliphatic carbocycles. The van der Waals surface area contributed by atoms with E-state index in [-0.39, 0.29) is 30.9 Å². The van der Waals surface area contributed by atoms with Crippen LogP contribution in [0.1, 0.15) is 65.2 Å². The van der Waals surface area contributed by atoms with Gasteiger partial charge in [0.15, 0.2) is 0 Å². The van der Waals surface area contributed by atoms with Gasteiger partial charge in [-0.05, 0) is 38.0 Å². The van der Waals surface area contributed by atoms with E-state index >= 15 is 0 Å². The third-order valence-corrected chi connectivity index (χ3v) is 3.65. The average Bonchev–Trinajstić information content (AvgIpc) is 2.43. The zero-order valence-electron chi connectivity index (χ0n) is 12.2. The molecule has 19 heavy (non-hydrogen) atoms. The van der Waals surface area contributed by atoms with Gasteiger partial charge in [-0.1, -0.05) is 20.3 Å². The van der Waals surface area contributed by atoms with Crippen LogP contribution in [0.3, 0.4) is 0 Å². The lowest BCUT2D eigenvalue weighted by Crippen LogP contribution is -2.29. The Balaban J connectivity index is 2.24. The first kappa shape index (κ1) is 16.0. The standard InChI is InChI=1S/C15H26O4/c1-3-11-18-14(16)9-10-15(17)19-13-8-6-5-7-12(13)4-2/h12-13H,3-11H2,1-2H3. The molecule has 4 heteroatoms. The van der Waals surface area contributed by atoms with Crippen molar-refractivity contribution in [1.29, 1.82) is 0 Å². The Morgan fingerprint density at radius 3 is 2.42 bits per heavy atom. The fraction of sp³-hybridized carbons (Fsp3) is 0.867. The smallest absolute Gasteiger partial charge is 0.306 e. The molecule has 0 aliphatic heterocycles. The summed E-state index contributed by atoms with van der Waals surface area (Å²) in [6.45, 7) is 4.50. The molecule has 0 radical (unpaired) electrons. The van der Waals surface area contributed by atoms with Crippen LogP contribution in [0.2, 0.25) is 0 Å². The van der Waals surface area contributed by atoms with Gasteiger partial charge in [0.05, 0.1) is 19.4 Å². The molecule has 2 unspecified atom stereocenters. The van der Waals surface area contributed by atoms with E-state index in [2.05, 4.69) is 6.92 Å². The summed E-state index contributed by atoms with van der Waals surface area (Å²) in [4.78, 5) is 23.0. The summed E-state index contributed by atoms with van der Waals surface area (Å²) in [7, 11) is 0. The topological polar surface area (TPSA) is 52.6 Å². The molecule has 0 bridgehead atoms. The van der Waals surface area contributed by atoms with Crippen LogP contribution in [0.4, 0.5) is 0 Å². The fourth-order valence-corrected chi connectivity index (χ4v) is 2.52.